The van der Waals surface area contributed by atoms with Crippen LogP contribution in [0.3, 0.4) is 0 Å². The molecule has 1 aliphatic carbocycles. The molecule has 0 aromatic carbocycles. The highest BCUT2D eigenvalue weighted by molar-refractivity contribution is 7.81. The summed E-state index contributed by atoms with van der Waals surface area (Å²) in [6.45, 7) is 7.95. The van der Waals surface area contributed by atoms with Gasteiger partial charge in [-0.2, -0.15) is 5.06 Å². The summed E-state index contributed by atoms with van der Waals surface area (Å²) in [6.07, 6.45) is 12.4. The zero-order valence-corrected chi connectivity index (χ0v) is 15.3. The lowest BCUT2D eigenvalue weighted by Crippen LogP contribution is -2.54. The highest BCUT2D eigenvalue weighted by Gasteiger charge is 2.58. The van der Waals surface area contributed by atoms with Gasteiger partial charge in [-0.15, -0.1) is 0 Å². The van der Waals surface area contributed by atoms with Crippen molar-refractivity contribution in [3.8, 4) is 0 Å². The molecule has 0 saturated carbocycles. The Labute approximate surface area is 144 Å². The van der Waals surface area contributed by atoms with Gasteiger partial charge < -0.3 is 0 Å². The van der Waals surface area contributed by atoms with Crippen molar-refractivity contribution < 1.29 is 10.4 Å². The van der Waals surface area contributed by atoms with Gasteiger partial charge in [0, 0.05) is 10.4 Å². The van der Waals surface area contributed by atoms with E-state index >= 15 is 0 Å². The summed E-state index contributed by atoms with van der Waals surface area (Å²) in [5.74, 6) is 0.308. The van der Waals surface area contributed by atoms with E-state index in [0.717, 1.165) is 29.2 Å². The Balaban J connectivity index is 2.32. The van der Waals surface area contributed by atoms with E-state index in [1.54, 1.807) is 24.3 Å². The molecule has 1 unspecified atom stereocenters. The Bertz CT molecular complexity index is 547. The number of hydroxylamine groups is 4. The second-order valence-corrected chi connectivity index (χ2v) is 7.57. The molecule has 1 aliphatic heterocycles. The van der Waals surface area contributed by atoms with Crippen molar-refractivity contribution in [2.75, 3.05) is 0 Å². The minimum Gasteiger partial charge on any atom is -0.286 e. The summed E-state index contributed by atoms with van der Waals surface area (Å²) in [5.41, 5.74) is -0.637. The molecule has 2 rings (SSSR count). The Morgan fingerprint density at radius 3 is 2.26 bits per heavy atom. The molecule has 1 saturated heterocycles. The number of allylic oxidation sites excluding steroid dienone is 5. The molecular weight excluding hydrogens is 308 g/mol. The molecular formula is C18H27N2O2S. The average Bonchev–Trinajstić information content (AvgIpc) is 2.64. The Morgan fingerprint density at radius 1 is 1.09 bits per heavy atom. The fourth-order valence-corrected chi connectivity index (χ4v) is 3.35. The van der Waals surface area contributed by atoms with Crippen molar-refractivity contribution in [2.24, 2.45) is 0 Å². The smallest absolute Gasteiger partial charge is 0.164 e. The van der Waals surface area contributed by atoms with E-state index < -0.39 is 11.1 Å². The van der Waals surface area contributed by atoms with Gasteiger partial charge in [-0.3, -0.25) is 5.21 Å². The molecule has 1 heterocycles. The van der Waals surface area contributed by atoms with Crippen LogP contribution in [-0.2, 0) is 5.21 Å². The summed E-state index contributed by atoms with van der Waals surface area (Å²) < 4.78 is 0. The van der Waals surface area contributed by atoms with Gasteiger partial charge in [0.2, 0.25) is 0 Å². The van der Waals surface area contributed by atoms with Crippen LogP contribution in [-0.4, -0.2) is 31.3 Å². The van der Waals surface area contributed by atoms with Crippen LogP contribution in [0.15, 0.2) is 35.7 Å². The lowest BCUT2D eigenvalue weighted by Gasteiger charge is -2.40. The first-order chi connectivity index (χ1) is 10.8. The summed E-state index contributed by atoms with van der Waals surface area (Å²) in [6, 6.07) is 0. The van der Waals surface area contributed by atoms with E-state index in [2.05, 4.69) is 6.92 Å². The third-order valence-corrected chi connectivity index (χ3v) is 5.59. The molecule has 23 heavy (non-hydrogen) atoms. The van der Waals surface area contributed by atoms with Crippen molar-refractivity contribution in [2.45, 2.75) is 70.9 Å². The van der Waals surface area contributed by atoms with Gasteiger partial charge in [0.25, 0.3) is 0 Å². The first kappa shape index (κ1) is 18.2. The van der Waals surface area contributed by atoms with Gasteiger partial charge >= 0.3 is 0 Å². The molecule has 1 radical (unpaired) electrons. The molecule has 0 bridgehead atoms. The number of hydrogen-bond donors (Lipinski definition) is 1. The van der Waals surface area contributed by atoms with Crippen LogP contribution in [0.1, 0.15) is 59.8 Å². The molecule has 1 N–H and O–H groups in total. The molecule has 127 valence electrons. The van der Waals surface area contributed by atoms with Crippen LogP contribution in [0.25, 0.3) is 0 Å². The first-order valence-corrected chi connectivity index (χ1v) is 8.77. The summed E-state index contributed by atoms with van der Waals surface area (Å²) in [5, 5.41) is 25.8. The average molecular weight is 335 g/mol. The van der Waals surface area contributed by atoms with Crippen LogP contribution in [0.4, 0.5) is 0 Å². The van der Waals surface area contributed by atoms with E-state index in [4.69, 9.17) is 12.2 Å². The number of unbranched alkanes of at least 4 members (excludes halogenated alkanes) is 3. The standard InChI is InChI=1S/C18H27N2O2S/c1-5-6-7-8-13-18(4)17(2,3)19(21)16(20(18)22)14-9-11-15(23)12-10-14/h9-12,22H,5-8,13H2,1-4H3. The first-order valence-electron chi connectivity index (χ1n) is 8.36. The zero-order valence-electron chi connectivity index (χ0n) is 14.5. The highest BCUT2D eigenvalue weighted by Crippen LogP contribution is 2.47. The lowest BCUT2D eigenvalue weighted by molar-refractivity contribution is -0.183. The summed E-state index contributed by atoms with van der Waals surface area (Å²) in [7, 11) is 0. The van der Waals surface area contributed by atoms with Gasteiger partial charge in [0.15, 0.2) is 5.82 Å². The van der Waals surface area contributed by atoms with Crippen LogP contribution >= 0.6 is 12.2 Å². The van der Waals surface area contributed by atoms with Gasteiger partial charge in [0.1, 0.15) is 0 Å². The maximum absolute atomic E-state index is 12.9. The van der Waals surface area contributed by atoms with Gasteiger partial charge in [-0.1, -0.05) is 50.0 Å². The van der Waals surface area contributed by atoms with Crippen LogP contribution in [0.2, 0.25) is 0 Å². The van der Waals surface area contributed by atoms with Crippen molar-refractivity contribution in [1.82, 2.24) is 10.1 Å². The number of rotatable bonds is 5. The van der Waals surface area contributed by atoms with Crippen molar-refractivity contribution in [1.29, 1.82) is 0 Å². The molecule has 0 aromatic rings. The van der Waals surface area contributed by atoms with Gasteiger partial charge in [0.05, 0.1) is 11.1 Å². The van der Waals surface area contributed by atoms with E-state index in [1.807, 2.05) is 20.8 Å². The van der Waals surface area contributed by atoms with Gasteiger partial charge in [-0.25, -0.2) is 5.06 Å². The Kier molecular flexibility index (Phi) is 5.33. The number of hydrogen-bond acceptors (Lipinski definition) is 4. The fourth-order valence-electron chi connectivity index (χ4n) is 3.21. The zero-order chi connectivity index (χ0) is 17.3. The minimum absolute atomic E-state index is 0.308. The third-order valence-electron chi connectivity index (χ3n) is 5.32. The van der Waals surface area contributed by atoms with Crippen LogP contribution in [0, 0.1) is 0 Å². The third kappa shape index (κ3) is 3.10. The fraction of sp³-hybridized carbons (Fsp3) is 0.611. The number of thiocarbonyl (C=S) groups is 1. The van der Waals surface area contributed by atoms with Crippen molar-refractivity contribution in [3.05, 3.63) is 35.7 Å². The second-order valence-electron chi connectivity index (χ2n) is 7.10. The molecule has 0 amide bonds. The van der Waals surface area contributed by atoms with E-state index in [9.17, 15) is 10.4 Å². The van der Waals surface area contributed by atoms with E-state index in [1.165, 1.54) is 17.9 Å². The van der Waals surface area contributed by atoms with Crippen molar-refractivity contribution in [3.63, 3.8) is 0 Å². The summed E-state index contributed by atoms with van der Waals surface area (Å²) >= 11 is 5.10. The molecule has 2 aliphatic rings. The predicted molar refractivity (Wildman–Crippen MR) is 95.3 cm³/mol. The molecule has 1 fully saturated rings. The Hall–Kier alpha value is -1.17. The molecule has 4 nitrogen and oxygen atoms in total. The van der Waals surface area contributed by atoms with E-state index in [-0.39, 0.29) is 0 Å². The molecule has 1 atom stereocenters. The SMILES string of the molecule is CCCCCCC1(C)N(O)C(=C2C=CC(=S)C=C2)N([O])C1(C)C. The van der Waals surface area contributed by atoms with Crippen molar-refractivity contribution >= 4 is 17.1 Å². The maximum atomic E-state index is 12.9. The molecule has 5 heteroatoms. The topological polar surface area (TPSA) is 46.6 Å². The quantitative estimate of drug-likeness (QED) is 0.591. The summed E-state index contributed by atoms with van der Waals surface area (Å²) in [4.78, 5) is 0.718. The largest absolute Gasteiger partial charge is 0.286 e. The highest BCUT2D eigenvalue weighted by atomic mass is 32.1. The van der Waals surface area contributed by atoms with Gasteiger partial charge in [-0.05, 0) is 51.5 Å². The monoisotopic (exact) mass is 335 g/mol. The number of nitrogens with zero attached hydrogens (tertiary/aromatic N) is 2. The predicted octanol–water partition coefficient (Wildman–Crippen LogP) is 4.55. The van der Waals surface area contributed by atoms with Crippen LogP contribution in [0.5, 0.6) is 0 Å². The normalized spacial score (nSPS) is 26.6. The van der Waals surface area contributed by atoms with E-state index in [0.29, 0.717) is 11.4 Å². The maximum Gasteiger partial charge on any atom is 0.164 e. The Morgan fingerprint density at radius 2 is 1.70 bits per heavy atom. The second kappa shape index (κ2) is 6.75. The molecule has 0 spiro atoms. The minimum atomic E-state index is -0.712. The molecule has 0 aromatic heterocycles. The lowest BCUT2D eigenvalue weighted by atomic mass is 9.78. The van der Waals surface area contributed by atoms with Crippen LogP contribution < -0.4 is 0 Å².